The van der Waals surface area contributed by atoms with Crippen LogP contribution in [0.5, 0.6) is 5.75 Å². The van der Waals surface area contributed by atoms with Gasteiger partial charge in [0.25, 0.3) is 5.91 Å². The van der Waals surface area contributed by atoms with Crippen molar-refractivity contribution in [3.63, 3.8) is 0 Å². The van der Waals surface area contributed by atoms with Gasteiger partial charge < -0.3 is 15.4 Å². The standard InChI is InChI=1S/C19H18Cl2N2O3/c1-26-17-7-4-12(9-16(17)23-18(24)8-11-2-3-11)19(25)22-13-5-6-14(20)15(21)10-13/h4-7,9-11H,2-3,8H2,1H3,(H,22,25)(H,23,24). The van der Waals surface area contributed by atoms with E-state index in [1.807, 2.05) is 0 Å². The minimum Gasteiger partial charge on any atom is -0.495 e. The highest BCUT2D eigenvalue weighted by molar-refractivity contribution is 6.42. The summed E-state index contributed by atoms with van der Waals surface area (Å²) in [6, 6.07) is 9.71. The van der Waals surface area contributed by atoms with Crippen LogP contribution in [0.15, 0.2) is 36.4 Å². The number of ether oxygens (including phenoxy) is 1. The number of rotatable bonds is 6. The number of halogens is 2. The van der Waals surface area contributed by atoms with E-state index in [9.17, 15) is 9.59 Å². The van der Waals surface area contributed by atoms with Crippen LogP contribution in [0.3, 0.4) is 0 Å². The molecule has 1 fully saturated rings. The molecular formula is C19H18Cl2N2O3. The lowest BCUT2D eigenvalue weighted by molar-refractivity contribution is -0.116. The van der Waals surface area contributed by atoms with E-state index in [1.165, 1.54) is 7.11 Å². The van der Waals surface area contributed by atoms with Crippen LogP contribution in [0.2, 0.25) is 10.0 Å². The first-order valence-electron chi connectivity index (χ1n) is 8.20. The van der Waals surface area contributed by atoms with Gasteiger partial charge in [0.05, 0.1) is 22.8 Å². The van der Waals surface area contributed by atoms with Crippen molar-refractivity contribution in [2.24, 2.45) is 5.92 Å². The molecule has 1 aliphatic rings. The van der Waals surface area contributed by atoms with Crippen molar-refractivity contribution in [1.82, 2.24) is 0 Å². The van der Waals surface area contributed by atoms with Crippen molar-refractivity contribution in [3.05, 3.63) is 52.0 Å². The molecule has 0 spiro atoms. The van der Waals surface area contributed by atoms with E-state index in [2.05, 4.69) is 10.6 Å². The number of benzene rings is 2. The van der Waals surface area contributed by atoms with E-state index in [1.54, 1.807) is 36.4 Å². The molecule has 0 aromatic heterocycles. The summed E-state index contributed by atoms with van der Waals surface area (Å²) in [5.41, 5.74) is 1.39. The van der Waals surface area contributed by atoms with Crippen LogP contribution in [-0.4, -0.2) is 18.9 Å². The summed E-state index contributed by atoms with van der Waals surface area (Å²) < 4.78 is 5.27. The molecule has 0 bridgehead atoms. The van der Waals surface area contributed by atoms with Crippen LogP contribution in [-0.2, 0) is 4.79 Å². The molecule has 26 heavy (non-hydrogen) atoms. The lowest BCUT2D eigenvalue weighted by Crippen LogP contribution is -2.15. The third kappa shape index (κ3) is 4.68. The predicted octanol–water partition coefficient (Wildman–Crippen LogP) is 4.99. The van der Waals surface area contributed by atoms with Gasteiger partial charge in [0.1, 0.15) is 5.75 Å². The third-order valence-corrected chi connectivity index (χ3v) is 4.82. The zero-order chi connectivity index (χ0) is 18.7. The first kappa shape index (κ1) is 18.5. The van der Waals surface area contributed by atoms with Gasteiger partial charge in [0.15, 0.2) is 0 Å². The number of carbonyl (C=O) groups is 2. The van der Waals surface area contributed by atoms with Gasteiger partial charge in [-0.3, -0.25) is 9.59 Å². The van der Waals surface area contributed by atoms with E-state index < -0.39 is 0 Å². The van der Waals surface area contributed by atoms with E-state index in [0.717, 1.165) is 12.8 Å². The molecule has 0 saturated heterocycles. The van der Waals surface area contributed by atoms with Crippen LogP contribution in [0.25, 0.3) is 0 Å². The Balaban J connectivity index is 1.75. The van der Waals surface area contributed by atoms with Crippen molar-refractivity contribution in [3.8, 4) is 5.75 Å². The second-order valence-corrected chi connectivity index (χ2v) is 7.01. The van der Waals surface area contributed by atoms with Gasteiger partial charge in [-0.2, -0.15) is 0 Å². The van der Waals surface area contributed by atoms with Crippen LogP contribution >= 0.6 is 23.2 Å². The highest BCUT2D eigenvalue weighted by Crippen LogP contribution is 2.33. The molecule has 5 nitrogen and oxygen atoms in total. The molecule has 2 aromatic rings. The molecule has 2 amide bonds. The maximum Gasteiger partial charge on any atom is 0.255 e. The monoisotopic (exact) mass is 392 g/mol. The fourth-order valence-corrected chi connectivity index (χ4v) is 2.81. The van der Waals surface area contributed by atoms with Crippen LogP contribution in [0.1, 0.15) is 29.6 Å². The molecule has 2 N–H and O–H groups in total. The smallest absolute Gasteiger partial charge is 0.255 e. The Labute approximate surface area is 161 Å². The SMILES string of the molecule is COc1ccc(C(=O)Nc2ccc(Cl)c(Cl)c2)cc1NC(=O)CC1CC1. The number of amides is 2. The Morgan fingerprint density at radius 1 is 1.08 bits per heavy atom. The van der Waals surface area contributed by atoms with Crippen LogP contribution in [0.4, 0.5) is 11.4 Å². The second-order valence-electron chi connectivity index (χ2n) is 6.19. The predicted molar refractivity (Wildman–Crippen MR) is 103 cm³/mol. The summed E-state index contributed by atoms with van der Waals surface area (Å²) in [6.07, 6.45) is 2.68. The molecule has 0 radical (unpaired) electrons. The Hall–Kier alpha value is -2.24. The lowest BCUT2D eigenvalue weighted by atomic mass is 10.1. The number of hydrogen-bond donors (Lipinski definition) is 2. The topological polar surface area (TPSA) is 67.4 Å². The zero-order valence-electron chi connectivity index (χ0n) is 14.1. The molecule has 3 rings (SSSR count). The minimum atomic E-state index is -0.330. The van der Waals surface area contributed by atoms with Crippen molar-refractivity contribution < 1.29 is 14.3 Å². The highest BCUT2D eigenvalue weighted by Gasteiger charge is 2.25. The molecule has 2 aromatic carbocycles. The zero-order valence-corrected chi connectivity index (χ0v) is 15.7. The first-order chi connectivity index (χ1) is 12.5. The average Bonchev–Trinajstić information content (AvgIpc) is 3.42. The van der Waals surface area contributed by atoms with Gasteiger partial charge in [-0.05, 0) is 55.2 Å². The van der Waals surface area contributed by atoms with Crippen molar-refractivity contribution >= 4 is 46.4 Å². The van der Waals surface area contributed by atoms with Crippen molar-refractivity contribution in [2.75, 3.05) is 17.7 Å². The molecular weight excluding hydrogens is 375 g/mol. The molecule has 0 heterocycles. The van der Waals surface area contributed by atoms with E-state index in [4.69, 9.17) is 27.9 Å². The lowest BCUT2D eigenvalue weighted by Gasteiger charge is -2.12. The number of nitrogens with one attached hydrogen (secondary N) is 2. The first-order valence-corrected chi connectivity index (χ1v) is 8.96. The number of hydrogen-bond acceptors (Lipinski definition) is 3. The van der Waals surface area contributed by atoms with Gasteiger partial charge in [-0.15, -0.1) is 0 Å². The fraction of sp³-hybridized carbons (Fsp3) is 0.263. The van der Waals surface area contributed by atoms with Gasteiger partial charge in [0, 0.05) is 17.7 Å². The average molecular weight is 393 g/mol. The van der Waals surface area contributed by atoms with Crippen LogP contribution < -0.4 is 15.4 Å². The summed E-state index contributed by atoms with van der Waals surface area (Å²) in [5.74, 6) is 0.568. The molecule has 1 aliphatic carbocycles. The Bertz CT molecular complexity index is 851. The summed E-state index contributed by atoms with van der Waals surface area (Å²) in [5, 5.41) is 6.34. The van der Waals surface area contributed by atoms with Crippen LogP contribution in [0, 0.1) is 5.92 Å². The summed E-state index contributed by atoms with van der Waals surface area (Å²) in [6.45, 7) is 0. The molecule has 1 saturated carbocycles. The number of carbonyl (C=O) groups excluding carboxylic acids is 2. The van der Waals surface area contributed by atoms with E-state index in [-0.39, 0.29) is 11.8 Å². The minimum absolute atomic E-state index is 0.0761. The highest BCUT2D eigenvalue weighted by atomic mass is 35.5. The molecule has 0 atom stereocenters. The van der Waals surface area contributed by atoms with E-state index in [0.29, 0.717) is 45.1 Å². The molecule has 0 aliphatic heterocycles. The van der Waals surface area contributed by atoms with Gasteiger partial charge in [-0.25, -0.2) is 0 Å². The third-order valence-electron chi connectivity index (χ3n) is 4.08. The van der Waals surface area contributed by atoms with Crippen molar-refractivity contribution in [2.45, 2.75) is 19.3 Å². The Kier molecular flexibility index (Phi) is 5.69. The van der Waals surface area contributed by atoms with Gasteiger partial charge >= 0.3 is 0 Å². The summed E-state index contributed by atoms with van der Waals surface area (Å²) in [7, 11) is 1.52. The normalized spacial score (nSPS) is 13.2. The number of anilines is 2. The largest absolute Gasteiger partial charge is 0.495 e. The van der Waals surface area contributed by atoms with Gasteiger partial charge in [-0.1, -0.05) is 23.2 Å². The molecule has 7 heteroatoms. The molecule has 0 unspecified atom stereocenters. The van der Waals surface area contributed by atoms with E-state index >= 15 is 0 Å². The number of methoxy groups -OCH3 is 1. The van der Waals surface area contributed by atoms with Crippen molar-refractivity contribution in [1.29, 1.82) is 0 Å². The quantitative estimate of drug-likeness (QED) is 0.727. The summed E-state index contributed by atoms with van der Waals surface area (Å²) >= 11 is 11.8. The maximum atomic E-state index is 12.5. The molecule has 136 valence electrons. The fourth-order valence-electron chi connectivity index (χ4n) is 2.51. The Morgan fingerprint density at radius 2 is 1.85 bits per heavy atom. The Morgan fingerprint density at radius 3 is 2.50 bits per heavy atom. The maximum absolute atomic E-state index is 12.5. The second kappa shape index (κ2) is 7.98. The summed E-state index contributed by atoms with van der Waals surface area (Å²) in [4.78, 5) is 24.6. The van der Waals surface area contributed by atoms with Gasteiger partial charge in [0.2, 0.25) is 5.91 Å².